The van der Waals surface area contributed by atoms with Crippen LogP contribution >= 0.6 is 24.0 Å². The van der Waals surface area contributed by atoms with Crippen LogP contribution in [0.4, 0.5) is 0 Å². The van der Waals surface area contributed by atoms with Gasteiger partial charge in [0.05, 0.1) is 6.61 Å². The van der Waals surface area contributed by atoms with Crippen LogP contribution in [0, 0.1) is 5.41 Å². The summed E-state index contributed by atoms with van der Waals surface area (Å²) in [7, 11) is 1.91. The number of nitrogens with one attached hydrogen (secondary N) is 1. The number of hydrogen-bond donors (Lipinski definition) is 1. The molecule has 1 spiro atoms. The number of nitrogens with zero attached hydrogens (tertiary/aromatic N) is 3. The molecule has 0 aromatic heterocycles. The van der Waals surface area contributed by atoms with E-state index in [1.807, 2.05) is 7.05 Å². The van der Waals surface area contributed by atoms with Crippen molar-refractivity contribution >= 4 is 29.9 Å². The van der Waals surface area contributed by atoms with Crippen molar-refractivity contribution in [3.63, 3.8) is 0 Å². The number of aliphatic imine (C=N–C) groups is 1. The van der Waals surface area contributed by atoms with E-state index in [2.05, 4.69) is 27.0 Å². The van der Waals surface area contributed by atoms with E-state index in [1.165, 1.54) is 38.6 Å². The Balaban J connectivity index is 0.00000192. The van der Waals surface area contributed by atoms with Crippen molar-refractivity contribution in [3.8, 4) is 0 Å². The van der Waals surface area contributed by atoms with Crippen molar-refractivity contribution < 1.29 is 4.74 Å². The molecule has 0 aromatic carbocycles. The molecule has 0 aromatic rings. The van der Waals surface area contributed by atoms with Crippen molar-refractivity contribution in [2.24, 2.45) is 10.4 Å². The Morgan fingerprint density at radius 1 is 1.30 bits per heavy atom. The SMILES string of the molecule is CCN1CCCCC1CNC(=NC)N1CCC2(CCOC2)C1.I. The molecule has 134 valence electrons. The van der Waals surface area contributed by atoms with E-state index in [4.69, 9.17) is 4.74 Å². The van der Waals surface area contributed by atoms with Gasteiger partial charge in [-0.15, -0.1) is 24.0 Å². The van der Waals surface area contributed by atoms with E-state index < -0.39 is 0 Å². The van der Waals surface area contributed by atoms with Gasteiger partial charge in [0.25, 0.3) is 0 Å². The van der Waals surface area contributed by atoms with Gasteiger partial charge in [-0.2, -0.15) is 0 Å². The van der Waals surface area contributed by atoms with Crippen LogP contribution in [-0.4, -0.2) is 74.8 Å². The van der Waals surface area contributed by atoms with Gasteiger partial charge in [-0.25, -0.2) is 0 Å². The molecule has 0 amide bonds. The highest BCUT2D eigenvalue weighted by molar-refractivity contribution is 14.0. The number of hydrogen-bond acceptors (Lipinski definition) is 3. The number of piperidine rings is 1. The van der Waals surface area contributed by atoms with Crippen LogP contribution in [0.25, 0.3) is 0 Å². The topological polar surface area (TPSA) is 40.1 Å². The van der Waals surface area contributed by atoms with Gasteiger partial charge in [-0.3, -0.25) is 9.89 Å². The molecule has 5 nitrogen and oxygen atoms in total. The number of ether oxygens (including phenoxy) is 1. The predicted molar refractivity (Wildman–Crippen MR) is 106 cm³/mol. The maximum Gasteiger partial charge on any atom is 0.193 e. The zero-order valence-electron chi connectivity index (χ0n) is 14.7. The second-order valence-corrected chi connectivity index (χ2v) is 7.18. The lowest BCUT2D eigenvalue weighted by atomic mass is 9.87. The summed E-state index contributed by atoms with van der Waals surface area (Å²) in [5, 5.41) is 3.65. The molecule has 3 rings (SSSR count). The van der Waals surface area contributed by atoms with Crippen LogP contribution in [-0.2, 0) is 4.74 Å². The van der Waals surface area contributed by atoms with Crippen LogP contribution in [0.1, 0.15) is 39.0 Å². The Morgan fingerprint density at radius 2 is 2.17 bits per heavy atom. The first kappa shape index (κ1) is 19.2. The van der Waals surface area contributed by atoms with Gasteiger partial charge >= 0.3 is 0 Å². The van der Waals surface area contributed by atoms with Gasteiger partial charge in [-0.1, -0.05) is 13.3 Å². The Labute approximate surface area is 158 Å². The minimum absolute atomic E-state index is 0. The first-order valence-corrected chi connectivity index (χ1v) is 9.04. The summed E-state index contributed by atoms with van der Waals surface area (Å²) in [6.07, 6.45) is 6.50. The maximum atomic E-state index is 5.63. The second-order valence-electron chi connectivity index (χ2n) is 7.18. The molecule has 0 aliphatic carbocycles. The number of likely N-dealkylation sites (N-methyl/N-ethyl adjacent to an activating group) is 1. The molecule has 0 saturated carbocycles. The van der Waals surface area contributed by atoms with E-state index in [9.17, 15) is 0 Å². The van der Waals surface area contributed by atoms with Crippen molar-refractivity contribution in [2.75, 3.05) is 53.0 Å². The normalized spacial score (nSPS) is 32.3. The number of rotatable bonds is 3. The molecule has 1 N–H and O–H groups in total. The molecule has 3 saturated heterocycles. The summed E-state index contributed by atoms with van der Waals surface area (Å²) < 4.78 is 5.63. The molecule has 0 bridgehead atoms. The van der Waals surface area contributed by atoms with E-state index in [0.717, 1.165) is 45.4 Å². The minimum atomic E-state index is 0. The standard InChI is InChI=1S/C17H32N4O.HI/c1-3-20-9-5-4-6-15(20)12-19-16(18-2)21-10-7-17(13-21)8-11-22-14-17;/h15H,3-14H2,1-2H3,(H,18,19);1H. The first-order valence-electron chi connectivity index (χ1n) is 9.04. The summed E-state index contributed by atoms with van der Waals surface area (Å²) in [6, 6.07) is 0.668. The van der Waals surface area contributed by atoms with E-state index >= 15 is 0 Å². The van der Waals surface area contributed by atoms with Gasteiger partial charge in [0, 0.05) is 44.7 Å². The van der Waals surface area contributed by atoms with Crippen molar-refractivity contribution in [3.05, 3.63) is 0 Å². The molecule has 6 heteroatoms. The minimum Gasteiger partial charge on any atom is -0.381 e. The average Bonchev–Trinajstić information content (AvgIpc) is 3.19. The van der Waals surface area contributed by atoms with Crippen molar-refractivity contribution in [2.45, 2.75) is 45.1 Å². The monoisotopic (exact) mass is 436 g/mol. The van der Waals surface area contributed by atoms with E-state index in [-0.39, 0.29) is 24.0 Å². The summed E-state index contributed by atoms with van der Waals surface area (Å²) in [6.45, 7) is 9.82. The number of halogens is 1. The molecule has 2 atom stereocenters. The van der Waals surface area contributed by atoms with Gasteiger partial charge in [0.2, 0.25) is 0 Å². The summed E-state index contributed by atoms with van der Waals surface area (Å²) in [4.78, 5) is 9.58. The first-order chi connectivity index (χ1) is 10.8. The van der Waals surface area contributed by atoms with Gasteiger partial charge in [-0.05, 0) is 38.8 Å². The van der Waals surface area contributed by atoms with Crippen LogP contribution in [0.3, 0.4) is 0 Å². The third kappa shape index (κ3) is 4.51. The van der Waals surface area contributed by atoms with Crippen LogP contribution in [0.5, 0.6) is 0 Å². The Morgan fingerprint density at radius 3 is 2.87 bits per heavy atom. The van der Waals surface area contributed by atoms with E-state index in [1.54, 1.807) is 0 Å². The Bertz CT molecular complexity index is 398. The molecule has 3 heterocycles. The Hall–Kier alpha value is -0.0800. The fourth-order valence-corrected chi connectivity index (χ4v) is 4.34. The third-order valence-corrected chi connectivity index (χ3v) is 5.79. The molecular formula is C17H33IN4O. The van der Waals surface area contributed by atoms with Crippen molar-refractivity contribution in [1.29, 1.82) is 0 Å². The molecule has 23 heavy (non-hydrogen) atoms. The van der Waals surface area contributed by atoms with Crippen molar-refractivity contribution in [1.82, 2.24) is 15.1 Å². The molecule has 0 radical (unpaired) electrons. The predicted octanol–water partition coefficient (Wildman–Crippen LogP) is 2.17. The smallest absolute Gasteiger partial charge is 0.193 e. The largest absolute Gasteiger partial charge is 0.381 e. The van der Waals surface area contributed by atoms with Gasteiger partial charge in [0.1, 0.15) is 0 Å². The lowest BCUT2D eigenvalue weighted by Crippen LogP contribution is -2.49. The average molecular weight is 436 g/mol. The molecule has 3 fully saturated rings. The number of guanidine groups is 1. The van der Waals surface area contributed by atoms with Crippen LogP contribution in [0.15, 0.2) is 4.99 Å². The van der Waals surface area contributed by atoms with E-state index in [0.29, 0.717) is 11.5 Å². The van der Waals surface area contributed by atoms with Gasteiger partial charge < -0.3 is 15.0 Å². The lowest BCUT2D eigenvalue weighted by molar-refractivity contribution is 0.154. The lowest BCUT2D eigenvalue weighted by Gasteiger charge is -2.36. The highest BCUT2D eigenvalue weighted by atomic mass is 127. The summed E-state index contributed by atoms with van der Waals surface area (Å²) >= 11 is 0. The molecule has 3 aliphatic rings. The highest BCUT2D eigenvalue weighted by Crippen LogP contribution is 2.38. The fourth-order valence-electron chi connectivity index (χ4n) is 4.34. The third-order valence-electron chi connectivity index (χ3n) is 5.79. The number of likely N-dealkylation sites (tertiary alicyclic amines) is 2. The highest BCUT2D eigenvalue weighted by Gasteiger charge is 2.42. The Kier molecular flexibility index (Phi) is 7.41. The second kappa shape index (κ2) is 8.85. The van der Waals surface area contributed by atoms with Crippen LogP contribution in [0.2, 0.25) is 0 Å². The maximum absolute atomic E-state index is 5.63. The van der Waals surface area contributed by atoms with Gasteiger partial charge in [0.15, 0.2) is 5.96 Å². The molecular weight excluding hydrogens is 403 g/mol. The molecule has 2 unspecified atom stereocenters. The zero-order valence-corrected chi connectivity index (χ0v) is 17.1. The summed E-state index contributed by atoms with van der Waals surface area (Å²) in [5.41, 5.74) is 0.401. The quantitative estimate of drug-likeness (QED) is 0.418. The summed E-state index contributed by atoms with van der Waals surface area (Å²) in [5.74, 6) is 1.09. The fraction of sp³-hybridized carbons (Fsp3) is 0.941. The molecule has 3 aliphatic heterocycles. The zero-order chi connectivity index (χ0) is 15.4. The van der Waals surface area contributed by atoms with Crippen LogP contribution < -0.4 is 5.32 Å².